The topological polar surface area (TPSA) is 29.1 Å². The van der Waals surface area contributed by atoms with E-state index in [0.29, 0.717) is 5.75 Å². The van der Waals surface area contributed by atoms with Gasteiger partial charge in [0.1, 0.15) is 0 Å². The highest BCUT2D eigenvalue weighted by Gasteiger charge is 2.10. The molecule has 0 bridgehead atoms. The van der Waals surface area contributed by atoms with Gasteiger partial charge in [-0.2, -0.15) is 0 Å². The molecule has 0 saturated heterocycles. The van der Waals surface area contributed by atoms with Crippen LogP contribution in [0.5, 0.6) is 0 Å². The highest BCUT2D eigenvalue weighted by atomic mass is 35.5. The summed E-state index contributed by atoms with van der Waals surface area (Å²) in [6.07, 6.45) is 0. The van der Waals surface area contributed by atoms with E-state index in [1.165, 1.54) is 35.2 Å². The van der Waals surface area contributed by atoms with Crippen LogP contribution in [0.1, 0.15) is 4.88 Å². The first kappa shape index (κ1) is 15.6. The van der Waals surface area contributed by atoms with Crippen LogP contribution >= 0.6 is 46.3 Å². The highest BCUT2D eigenvalue weighted by molar-refractivity contribution is 7.99. The summed E-state index contributed by atoms with van der Waals surface area (Å²) in [6.45, 7) is 0. The van der Waals surface area contributed by atoms with Gasteiger partial charge in [0.2, 0.25) is 5.91 Å². The largest absolute Gasteiger partial charge is 0.323 e. The lowest BCUT2D eigenvalue weighted by Crippen LogP contribution is -2.15. The molecule has 0 saturated carbocycles. The van der Waals surface area contributed by atoms with Crippen LogP contribution in [0.25, 0.3) is 0 Å². The zero-order valence-electron chi connectivity index (χ0n) is 10.2. The van der Waals surface area contributed by atoms with Crippen LogP contribution in [0.3, 0.4) is 0 Å². The SMILES string of the molecule is O=C(CSCc1ccc(Cl)s1)Nc1cccc(Cl)c1F. The van der Waals surface area contributed by atoms with E-state index in [9.17, 15) is 9.18 Å². The Morgan fingerprint density at radius 3 is 2.80 bits per heavy atom. The predicted octanol–water partition coefficient (Wildman–Crippen LogP) is 5.07. The Kier molecular flexibility index (Phi) is 5.72. The Balaban J connectivity index is 1.82. The maximum absolute atomic E-state index is 13.6. The first-order chi connectivity index (χ1) is 9.56. The molecule has 0 spiro atoms. The highest BCUT2D eigenvalue weighted by Crippen LogP contribution is 2.25. The smallest absolute Gasteiger partial charge is 0.234 e. The number of carbonyl (C=O) groups excluding carboxylic acids is 1. The van der Waals surface area contributed by atoms with Gasteiger partial charge in [0, 0.05) is 10.6 Å². The summed E-state index contributed by atoms with van der Waals surface area (Å²) in [5, 5.41) is 2.49. The molecule has 0 aliphatic carbocycles. The molecule has 1 N–H and O–H groups in total. The van der Waals surface area contributed by atoms with Gasteiger partial charge in [-0.15, -0.1) is 23.1 Å². The molecular weight excluding hydrogens is 340 g/mol. The fourth-order valence-corrected chi connectivity index (χ4v) is 3.66. The molecule has 20 heavy (non-hydrogen) atoms. The molecule has 2 aromatic rings. The number of thioether (sulfide) groups is 1. The van der Waals surface area contributed by atoms with Gasteiger partial charge in [-0.05, 0) is 24.3 Å². The van der Waals surface area contributed by atoms with Gasteiger partial charge in [-0.25, -0.2) is 4.39 Å². The minimum Gasteiger partial charge on any atom is -0.323 e. The van der Waals surface area contributed by atoms with Gasteiger partial charge >= 0.3 is 0 Å². The number of benzene rings is 1. The van der Waals surface area contributed by atoms with Crippen molar-refractivity contribution in [1.29, 1.82) is 0 Å². The molecule has 0 fully saturated rings. The number of hydrogen-bond donors (Lipinski definition) is 1. The second-order valence-electron chi connectivity index (χ2n) is 3.85. The third-order valence-electron chi connectivity index (χ3n) is 2.33. The molecule has 1 aromatic carbocycles. The van der Waals surface area contributed by atoms with E-state index in [0.717, 1.165) is 9.21 Å². The van der Waals surface area contributed by atoms with Crippen molar-refractivity contribution in [2.24, 2.45) is 0 Å². The third kappa shape index (κ3) is 4.38. The van der Waals surface area contributed by atoms with Gasteiger partial charge in [0.15, 0.2) is 5.82 Å². The maximum atomic E-state index is 13.6. The van der Waals surface area contributed by atoms with Gasteiger partial charge < -0.3 is 5.32 Å². The lowest BCUT2D eigenvalue weighted by atomic mass is 10.3. The van der Waals surface area contributed by atoms with Crippen LogP contribution in [0, 0.1) is 5.82 Å². The lowest BCUT2D eigenvalue weighted by molar-refractivity contribution is -0.113. The van der Waals surface area contributed by atoms with Crippen molar-refractivity contribution in [2.45, 2.75) is 5.75 Å². The van der Waals surface area contributed by atoms with Crippen molar-refractivity contribution in [1.82, 2.24) is 0 Å². The number of halogens is 3. The molecule has 2 rings (SSSR count). The zero-order valence-corrected chi connectivity index (χ0v) is 13.3. The molecule has 106 valence electrons. The average molecular weight is 350 g/mol. The second kappa shape index (κ2) is 7.31. The zero-order chi connectivity index (χ0) is 14.5. The maximum Gasteiger partial charge on any atom is 0.234 e. The van der Waals surface area contributed by atoms with E-state index in [1.54, 1.807) is 6.07 Å². The molecule has 7 heteroatoms. The van der Waals surface area contributed by atoms with Crippen LogP contribution in [-0.4, -0.2) is 11.7 Å². The minimum absolute atomic E-state index is 0.0105. The molecular formula is C13H10Cl2FNOS2. The number of anilines is 1. The number of carbonyl (C=O) groups is 1. The number of thiophene rings is 1. The summed E-state index contributed by atoms with van der Waals surface area (Å²) in [4.78, 5) is 12.8. The van der Waals surface area contributed by atoms with E-state index >= 15 is 0 Å². The standard InChI is InChI=1S/C13H10Cl2FNOS2/c14-9-2-1-3-10(13(9)16)17-12(18)7-19-6-8-4-5-11(15)20-8/h1-5H,6-7H2,(H,17,18). The summed E-state index contributed by atoms with van der Waals surface area (Å²) in [7, 11) is 0. The van der Waals surface area contributed by atoms with Crippen molar-refractivity contribution < 1.29 is 9.18 Å². The molecule has 1 aromatic heterocycles. The monoisotopic (exact) mass is 349 g/mol. The quantitative estimate of drug-likeness (QED) is 0.816. The minimum atomic E-state index is -0.613. The summed E-state index contributed by atoms with van der Waals surface area (Å²) in [6, 6.07) is 8.24. The van der Waals surface area contributed by atoms with Crippen LogP contribution in [0.15, 0.2) is 30.3 Å². The van der Waals surface area contributed by atoms with E-state index in [2.05, 4.69) is 5.32 Å². The fraction of sp³-hybridized carbons (Fsp3) is 0.154. The van der Waals surface area contributed by atoms with Gasteiger partial charge in [0.25, 0.3) is 0 Å². The van der Waals surface area contributed by atoms with Crippen LogP contribution in [0.4, 0.5) is 10.1 Å². The number of hydrogen-bond acceptors (Lipinski definition) is 3. The van der Waals surface area contributed by atoms with E-state index in [4.69, 9.17) is 23.2 Å². The first-order valence-corrected chi connectivity index (χ1v) is 8.35. The van der Waals surface area contributed by atoms with E-state index < -0.39 is 5.82 Å². The second-order valence-corrected chi connectivity index (χ2v) is 7.04. The number of rotatable bonds is 5. The summed E-state index contributed by atoms with van der Waals surface area (Å²) >= 11 is 14.4. The predicted molar refractivity (Wildman–Crippen MR) is 85.5 cm³/mol. The van der Waals surface area contributed by atoms with Gasteiger partial charge in [0.05, 0.1) is 20.8 Å². The van der Waals surface area contributed by atoms with Crippen LogP contribution in [0.2, 0.25) is 9.36 Å². The van der Waals surface area contributed by atoms with Crippen molar-refractivity contribution in [3.05, 3.63) is 50.4 Å². The van der Waals surface area contributed by atoms with E-state index in [1.807, 2.05) is 12.1 Å². The number of amides is 1. The molecule has 2 nitrogen and oxygen atoms in total. The summed E-state index contributed by atoms with van der Waals surface area (Å²) in [5.41, 5.74) is 0.0993. The van der Waals surface area contributed by atoms with Crippen molar-refractivity contribution in [3.8, 4) is 0 Å². The molecule has 1 amide bonds. The Morgan fingerprint density at radius 1 is 1.30 bits per heavy atom. The van der Waals surface area contributed by atoms with Crippen LogP contribution < -0.4 is 5.32 Å². The van der Waals surface area contributed by atoms with Crippen molar-refractivity contribution in [2.75, 3.05) is 11.1 Å². The molecule has 0 radical (unpaired) electrons. The number of nitrogens with one attached hydrogen (secondary N) is 1. The van der Waals surface area contributed by atoms with Crippen molar-refractivity contribution in [3.63, 3.8) is 0 Å². The Bertz CT molecular complexity index is 618. The summed E-state index contributed by atoms with van der Waals surface area (Å²) < 4.78 is 14.3. The van der Waals surface area contributed by atoms with Crippen LogP contribution in [-0.2, 0) is 10.5 Å². The van der Waals surface area contributed by atoms with Gasteiger partial charge in [-0.3, -0.25) is 4.79 Å². The summed E-state index contributed by atoms with van der Waals surface area (Å²) in [5.74, 6) is 0.0565. The Hall–Kier alpha value is -0.750. The normalized spacial score (nSPS) is 10.6. The van der Waals surface area contributed by atoms with Crippen molar-refractivity contribution >= 4 is 57.9 Å². The molecule has 0 aliphatic rings. The molecule has 1 heterocycles. The van der Waals surface area contributed by atoms with Gasteiger partial charge in [-0.1, -0.05) is 29.3 Å². The first-order valence-electron chi connectivity index (χ1n) is 5.62. The lowest BCUT2D eigenvalue weighted by Gasteiger charge is -2.06. The Morgan fingerprint density at radius 2 is 2.10 bits per heavy atom. The average Bonchev–Trinajstić information content (AvgIpc) is 2.81. The molecule has 0 unspecified atom stereocenters. The van der Waals surface area contributed by atoms with E-state index in [-0.39, 0.29) is 22.4 Å². The molecule has 0 aliphatic heterocycles. The molecule has 0 atom stereocenters. The Labute approximate surface area is 134 Å². The third-order valence-corrected chi connectivity index (χ3v) is 5.02. The fourth-order valence-electron chi connectivity index (χ4n) is 1.46.